The summed E-state index contributed by atoms with van der Waals surface area (Å²) in [6.45, 7) is 2.00. The van der Waals surface area contributed by atoms with Gasteiger partial charge in [0, 0.05) is 16.2 Å². The van der Waals surface area contributed by atoms with E-state index in [1.54, 1.807) is 22.7 Å². The first-order valence-electron chi connectivity index (χ1n) is 6.30. The van der Waals surface area contributed by atoms with Gasteiger partial charge in [-0.1, -0.05) is 28.1 Å². The van der Waals surface area contributed by atoms with Crippen LogP contribution in [0.5, 0.6) is 0 Å². The second-order valence-corrected chi connectivity index (χ2v) is 5.43. The average Bonchev–Trinajstić information content (AvgIpc) is 2.92. The monoisotopic (exact) mass is 345 g/mol. The third-order valence-electron chi connectivity index (χ3n) is 3.33. The van der Waals surface area contributed by atoms with Crippen LogP contribution in [0.25, 0.3) is 17.0 Å². The van der Waals surface area contributed by atoms with Gasteiger partial charge in [0.15, 0.2) is 11.5 Å². The fraction of sp³-hybridized carbons (Fsp3) is 0.133. The van der Waals surface area contributed by atoms with Gasteiger partial charge in [-0.3, -0.25) is 4.40 Å². The molecule has 0 aliphatic heterocycles. The van der Waals surface area contributed by atoms with E-state index >= 15 is 0 Å². The molecule has 0 aliphatic carbocycles. The van der Waals surface area contributed by atoms with E-state index < -0.39 is 0 Å². The number of ether oxygens (including phenoxy) is 1. The number of carbonyl (C=O) groups is 1. The van der Waals surface area contributed by atoms with Gasteiger partial charge in [0.25, 0.3) is 0 Å². The number of nitrogens with zero attached hydrogens (tertiary/aromatic N) is 3. The average molecular weight is 346 g/mol. The van der Waals surface area contributed by atoms with E-state index in [9.17, 15) is 4.79 Å². The number of benzene rings is 1. The number of pyridine rings is 1. The highest BCUT2D eigenvalue weighted by atomic mass is 79.9. The number of rotatable bonds is 2. The summed E-state index contributed by atoms with van der Waals surface area (Å²) in [6, 6.07) is 9.31. The Bertz CT molecular complexity index is 842. The predicted molar refractivity (Wildman–Crippen MR) is 82.2 cm³/mol. The summed E-state index contributed by atoms with van der Waals surface area (Å²) in [5.74, 6) is 0.303. The largest absolute Gasteiger partial charge is 0.465 e. The van der Waals surface area contributed by atoms with Gasteiger partial charge in [-0.2, -0.15) is 0 Å². The second-order valence-electron chi connectivity index (χ2n) is 4.57. The van der Waals surface area contributed by atoms with Gasteiger partial charge >= 0.3 is 5.97 Å². The Morgan fingerprint density at radius 2 is 2.05 bits per heavy atom. The first kappa shape index (κ1) is 13.8. The maximum absolute atomic E-state index is 11.7. The van der Waals surface area contributed by atoms with Crippen molar-refractivity contribution in [1.82, 2.24) is 14.6 Å². The minimum absolute atomic E-state index is 0.387. The van der Waals surface area contributed by atoms with Crippen molar-refractivity contribution < 1.29 is 9.53 Å². The summed E-state index contributed by atoms with van der Waals surface area (Å²) in [5, 5.41) is 8.37. The van der Waals surface area contributed by atoms with Gasteiger partial charge < -0.3 is 4.74 Å². The Balaban J connectivity index is 2.23. The highest BCUT2D eigenvalue weighted by Crippen LogP contribution is 2.27. The molecular formula is C15H12BrN3O2. The fourth-order valence-electron chi connectivity index (χ4n) is 2.16. The van der Waals surface area contributed by atoms with Gasteiger partial charge in [0.2, 0.25) is 0 Å². The van der Waals surface area contributed by atoms with E-state index in [2.05, 4.69) is 26.1 Å². The minimum Gasteiger partial charge on any atom is -0.465 e. The Morgan fingerprint density at radius 1 is 1.24 bits per heavy atom. The van der Waals surface area contributed by atoms with Crippen LogP contribution >= 0.6 is 15.9 Å². The molecule has 5 nitrogen and oxygen atoms in total. The van der Waals surface area contributed by atoms with Crippen LogP contribution in [-0.2, 0) is 4.74 Å². The lowest BCUT2D eigenvalue weighted by Crippen LogP contribution is -2.03. The van der Waals surface area contributed by atoms with Crippen LogP contribution in [0, 0.1) is 6.92 Å². The molecule has 2 aromatic heterocycles. The Morgan fingerprint density at radius 3 is 2.81 bits per heavy atom. The topological polar surface area (TPSA) is 56.5 Å². The van der Waals surface area contributed by atoms with Gasteiger partial charge in [-0.15, -0.1) is 10.2 Å². The molecule has 0 saturated carbocycles. The van der Waals surface area contributed by atoms with Crippen LogP contribution in [0.2, 0.25) is 0 Å². The molecule has 0 bridgehead atoms. The van der Waals surface area contributed by atoms with Crippen molar-refractivity contribution in [1.29, 1.82) is 0 Å². The number of hydrogen-bond donors (Lipinski definition) is 0. The molecule has 0 fully saturated rings. The first-order chi connectivity index (χ1) is 10.1. The van der Waals surface area contributed by atoms with Crippen molar-refractivity contribution in [3.05, 3.63) is 52.1 Å². The summed E-state index contributed by atoms with van der Waals surface area (Å²) < 4.78 is 7.54. The summed E-state index contributed by atoms with van der Waals surface area (Å²) in [4.78, 5) is 11.7. The normalized spacial score (nSPS) is 10.8. The molecule has 0 radical (unpaired) electrons. The SMILES string of the molecule is COC(=O)c1ccc2nnc(-c3cccc(Br)c3C)n2c1. The highest BCUT2D eigenvalue weighted by molar-refractivity contribution is 9.10. The molecule has 0 unspecified atom stereocenters. The molecule has 6 heteroatoms. The maximum atomic E-state index is 11.7. The summed E-state index contributed by atoms with van der Waals surface area (Å²) in [5.41, 5.74) is 3.16. The molecule has 0 atom stereocenters. The Labute approximate surface area is 129 Å². The Hall–Kier alpha value is -2.21. The predicted octanol–water partition coefficient (Wildman–Crippen LogP) is 3.25. The lowest BCUT2D eigenvalue weighted by atomic mass is 10.1. The molecule has 106 valence electrons. The second kappa shape index (κ2) is 5.29. The summed E-state index contributed by atoms with van der Waals surface area (Å²) in [6.07, 6.45) is 1.69. The zero-order valence-electron chi connectivity index (χ0n) is 11.5. The van der Waals surface area contributed by atoms with Crippen molar-refractivity contribution in [3.63, 3.8) is 0 Å². The van der Waals surface area contributed by atoms with Gasteiger partial charge in [-0.25, -0.2) is 4.79 Å². The quantitative estimate of drug-likeness (QED) is 0.669. The third kappa shape index (κ3) is 2.31. The minimum atomic E-state index is -0.387. The molecule has 2 heterocycles. The van der Waals surface area contributed by atoms with Crippen molar-refractivity contribution in [2.24, 2.45) is 0 Å². The van der Waals surface area contributed by atoms with Crippen molar-refractivity contribution in [2.75, 3.05) is 7.11 Å². The number of carbonyl (C=O) groups excluding carboxylic acids is 1. The van der Waals surface area contributed by atoms with E-state index in [1.807, 2.05) is 25.1 Å². The van der Waals surface area contributed by atoms with E-state index in [4.69, 9.17) is 4.74 Å². The molecule has 3 aromatic rings. The van der Waals surface area contributed by atoms with Crippen LogP contribution in [0.1, 0.15) is 15.9 Å². The maximum Gasteiger partial charge on any atom is 0.339 e. The molecule has 0 saturated heterocycles. The first-order valence-corrected chi connectivity index (χ1v) is 7.09. The molecular weight excluding hydrogens is 334 g/mol. The van der Waals surface area contributed by atoms with Crippen LogP contribution in [0.15, 0.2) is 41.0 Å². The molecule has 0 aliphatic rings. The van der Waals surface area contributed by atoms with E-state index in [0.717, 1.165) is 15.6 Å². The van der Waals surface area contributed by atoms with Gasteiger partial charge in [-0.05, 0) is 30.7 Å². The van der Waals surface area contributed by atoms with Crippen molar-refractivity contribution in [3.8, 4) is 11.4 Å². The molecule has 0 N–H and O–H groups in total. The zero-order valence-corrected chi connectivity index (χ0v) is 13.1. The number of esters is 1. The molecule has 1 aromatic carbocycles. The smallest absolute Gasteiger partial charge is 0.339 e. The number of fused-ring (bicyclic) bond motifs is 1. The van der Waals surface area contributed by atoms with Crippen molar-refractivity contribution >= 4 is 27.5 Å². The zero-order chi connectivity index (χ0) is 15.0. The third-order valence-corrected chi connectivity index (χ3v) is 4.19. The molecule has 3 rings (SSSR count). The van der Waals surface area contributed by atoms with E-state index in [1.165, 1.54) is 7.11 Å². The highest BCUT2D eigenvalue weighted by Gasteiger charge is 2.14. The van der Waals surface area contributed by atoms with Crippen LogP contribution in [0.3, 0.4) is 0 Å². The number of hydrogen-bond acceptors (Lipinski definition) is 4. The summed E-state index contributed by atoms with van der Waals surface area (Å²) in [7, 11) is 1.36. The lowest BCUT2D eigenvalue weighted by molar-refractivity contribution is 0.0600. The number of halogens is 1. The lowest BCUT2D eigenvalue weighted by Gasteiger charge is -2.07. The Kier molecular flexibility index (Phi) is 3.47. The van der Waals surface area contributed by atoms with Gasteiger partial charge in [0.05, 0.1) is 12.7 Å². The standard InChI is InChI=1S/C15H12BrN3O2/c1-9-11(4-3-5-12(9)16)14-18-17-13-7-6-10(8-19(13)14)15(20)21-2/h3-8H,1-2H3. The molecule has 0 amide bonds. The van der Waals surface area contributed by atoms with E-state index in [-0.39, 0.29) is 5.97 Å². The molecule has 0 spiro atoms. The van der Waals surface area contributed by atoms with Gasteiger partial charge in [0.1, 0.15) is 0 Å². The number of methoxy groups -OCH3 is 1. The van der Waals surface area contributed by atoms with Crippen molar-refractivity contribution in [2.45, 2.75) is 6.92 Å². The fourth-order valence-corrected chi connectivity index (χ4v) is 2.53. The number of aromatic nitrogens is 3. The van der Waals surface area contributed by atoms with Crippen LogP contribution < -0.4 is 0 Å². The van der Waals surface area contributed by atoms with Crippen LogP contribution in [0.4, 0.5) is 0 Å². The van der Waals surface area contributed by atoms with Crippen LogP contribution in [-0.4, -0.2) is 27.7 Å². The summed E-state index contributed by atoms with van der Waals surface area (Å²) >= 11 is 3.51. The molecule has 21 heavy (non-hydrogen) atoms. The van der Waals surface area contributed by atoms with E-state index in [0.29, 0.717) is 17.0 Å².